The molecular weight excluding hydrogens is 251 g/mol. The van der Waals surface area contributed by atoms with Crippen molar-refractivity contribution in [1.29, 1.82) is 0 Å². The summed E-state index contributed by atoms with van der Waals surface area (Å²) < 4.78 is 18.4. The van der Waals surface area contributed by atoms with Crippen LogP contribution in [0.1, 0.15) is 12.8 Å². The van der Waals surface area contributed by atoms with Gasteiger partial charge in [-0.1, -0.05) is 11.8 Å². The summed E-state index contributed by atoms with van der Waals surface area (Å²) in [6.07, 6.45) is 2.66. The number of rotatable bonds is 3. The average molecular weight is 266 g/mol. The van der Waals surface area contributed by atoms with E-state index in [-0.39, 0.29) is 11.6 Å². The van der Waals surface area contributed by atoms with E-state index in [1.165, 1.54) is 26.0 Å². The van der Waals surface area contributed by atoms with Crippen LogP contribution >= 0.6 is 11.8 Å². The van der Waals surface area contributed by atoms with E-state index in [9.17, 15) is 4.39 Å². The van der Waals surface area contributed by atoms with Gasteiger partial charge in [0.25, 0.3) is 0 Å². The summed E-state index contributed by atoms with van der Waals surface area (Å²) in [7, 11) is 1.46. The first-order valence-electron chi connectivity index (χ1n) is 6.08. The first-order valence-corrected chi connectivity index (χ1v) is 6.96. The SMILES string of the molecule is COc1ccc(NC2=NCC(C3CC3)S2)cc1F. The molecule has 5 heteroatoms. The highest BCUT2D eigenvalue weighted by molar-refractivity contribution is 8.15. The molecule has 0 saturated heterocycles. The maximum Gasteiger partial charge on any atom is 0.167 e. The van der Waals surface area contributed by atoms with Crippen LogP contribution in [0.5, 0.6) is 5.75 Å². The van der Waals surface area contributed by atoms with E-state index in [2.05, 4.69) is 10.3 Å². The van der Waals surface area contributed by atoms with E-state index < -0.39 is 0 Å². The van der Waals surface area contributed by atoms with Crippen molar-refractivity contribution in [2.45, 2.75) is 18.1 Å². The molecule has 3 rings (SSSR count). The molecule has 1 fully saturated rings. The second kappa shape index (κ2) is 4.80. The number of anilines is 1. The zero-order valence-electron chi connectivity index (χ0n) is 10.1. The van der Waals surface area contributed by atoms with E-state index in [1.807, 2.05) is 0 Å². The monoisotopic (exact) mass is 266 g/mol. The fourth-order valence-corrected chi connectivity index (χ4v) is 3.27. The number of ether oxygens (including phenoxy) is 1. The van der Waals surface area contributed by atoms with Crippen molar-refractivity contribution in [2.75, 3.05) is 19.0 Å². The molecule has 18 heavy (non-hydrogen) atoms. The van der Waals surface area contributed by atoms with Crippen LogP contribution in [0.4, 0.5) is 10.1 Å². The van der Waals surface area contributed by atoms with Gasteiger partial charge in [-0.05, 0) is 30.9 Å². The van der Waals surface area contributed by atoms with Gasteiger partial charge < -0.3 is 10.1 Å². The van der Waals surface area contributed by atoms with E-state index >= 15 is 0 Å². The zero-order chi connectivity index (χ0) is 12.5. The molecule has 0 aromatic heterocycles. The van der Waals surface area contributed by atoms with Gasteiger partial charge in [0.05, 0.1) is 13.7 Å². The molecule has 1 aromatic carbocycles. The lowest BCUT2D eigenvalue weighted by Crippen LogP contribution is -2.09. The van der Waals surface area contributed by atoms with Crippen molar-refractivity contribution in [3.8, 4) is 5.75 Å². The Labute approximate surface area is 110 Å². The van der Waals surface area contributed by atoms with Gasteiger partial charge >= 0.3 is 0 Å². The lowest BCUT2D eigenvalue weighted by molar-refractivity contribution is 0.387. The zero-order valence-corrected chi connectivity index (χ0v) is 11.0. The fraction of sp³-hybridized carbons (Fsp3) is 0.462. The molecule has 1 atom stereocenters. The first-order chi connectivity index (χ1) is 8.76. The molecular formula is C13H15FN2OS. The van der Waals surface area contributed by atoms with E-state index in [1.54, 1.807) is 23.9 Å². The Bertz CT molecular complexity index is 488. The van der Waals surface area contributed by atoms with Crippen LogP contribution < -0.4 is 10.1 Å². The summed E-state index contributed by atoms with van der Waals surface area (Å²) in [5.41, 5.74) is 0.719. The van der Waals surface area contributed by atoms with Gasteiger partial charge in [-0.15, -0.1) is 0 Å². The van der Waals surface area contributed by atoms with Crippen LogP contribution in [0.15, 0.2) is 23.2 Å². The van der Waals surface area contributed by atoms with Crippen molar-refractivity contribution in [1.82, 2.24) is 0 Å². The first kappa shape index (κ1) is 11.8. The molecule has 96 valence electrons. The van der Waals surface area contributed by atoms with E-state index in [0.717, 1.165) is 23.3 Å². The Balaban J connectivity index is 1.64. The quantitative estimate of drug-likeness (QED) is 0.912. The van der Waals surface area contributed by atoms with Crippen LogP contribution in [0.25, 0.3) is 0 Å². The minimum Gasteiger partial charge on any atom is -0.494 e. The highest BCUT2D eigenvalue weighted by Crippen LogP contribution is 2.42. The minimum atomic E-state index is -0.357. The molecule has 1 aliphatic carbocycles. The number of aliphatic imine (C=N–C) groups is 1. The summed E-state index contributed by atoms with van der Waals surface area (Å²) >= 11 is 1.78. The third-order valence-corrected chi connectivity index (χ3v) is 4.52. The highest BCUT2D eigenvalue weighted by atomic mass is 32.2. The third-order valence-electron chi connectivity index (χ3n) is 3.23. The maximum absolute atomic E-state index is 13.5. The standard InChI is InChI=1S/C13H15FN2OS/c1-17-11-5-4-9(6-10(11)14)16-13-15-7-12(18-13)8-2-3-8/h4-6,8,12H,2-3,7H2,1H3,(H,15,16). The molecule has 0 radical (unpaired) electrons. The largest absolute Gasteiger partial charge is 0.494 e. The van der Waals surface area contributed by atoms with Crippen molar-refractivity contribution in [3.63, 3.8) is 0 Å². The van der Waals surface area contributed by atoms with Gasteiger partial charge in [-0.3, -0.25) is 4.99 Å². The van der Waals surface area contributed by atoms with Crippen molar-refractivity contribution >= 4 is 22.6 Å². The highest BCUT2D eigenvalue weighted by Gasteiger charge is 2.35. The summed E-state index contributed by atoms with van der Waals surface area (Å²) in [6.45, 7) is 0.885. The number of hydrogen-bond donors (Lipinski definition) is 1. The van der Waals surface area contributed by atoms with Gasteiger partial charge in [-0.2, -0.15) is 0 Å². The van der Waals surface area contributed by atoms with Crippen LogP contribution in [0.2, 0.25) is 0 Å². The predicted octanol–water partition coefficient (Wildman–Crippen LogP) is 3.13. The number of hydrogen-bond acceptors (Lipinski definition) is 4. The number of benzene rings is 1. The summed E-state index contributed by atoms with van der Waals surface area (Å²) in [5, 5.41) is 4.68. The molecule has 1 aromatic rings. The molecule has 1 N–H and O–H groups in total. The van der Waals surface area contributed by atoms with Crippen LogP contribution in [-0.2, 0) is 0 Å². The Morgan fingerprint density at radius 2 is 2.28 bits per heavy atom. The number of nitrogens with one attached hydrogen (secondary N) is 1. The molecule has 2 aliphatic rings. The second-order valence-electron chi connectivity index (χ2n) is 4.61. The van der Waals surface area contributed by atoms with Gasteiger partial charge in [-0.25, -0.2) is 4.39 Å². The van der Waals surface area contributed by atoms with E-state index in [0.29, 0.717) is 5.25 Å². The minimum absolute atomic E-state index is 0.262. The van der Waals surface area contributed by atoms with Crippen molar-refractivity contribution in [2.24, 2.45) is 10.9 Å². The molecule has 1 saturated carbocycles. The number of nitrogens with zero attached hydrogens (tertiary/aromatic N) is 1. The van der Waals surface area contributed by atoms with E-state index in [4.69, 9.17) is 4.74 Å². The Kier molecular flexibility index (Phi) is 3.16. The number of amidine groups is 1. The Hall–Kier alpha value is -1.23. The smallest absolute Gasteiger partial charge is 0.167 e. The second-order valence-corrected chi connectivity index (χ2v) is 5.84. The number of thioether (sulfide) groups is 1. The van der Waals surface area contributed by atoms with Crippen LogP contribution in [-0.4, -0.2) is 24.1 Å². The van der Waals surface area contributed by atoms with Gasteiger partial charge in [0, 0.05) is 17.0 Å². The fourth-order valence-electron chi connectivity index (χ4n) is 2.04. The summed E-state index contributed by atoms with van der Waals surface area (Å²) in [5.74, 6) is 0.743. The third kappa shape index (κ3) is 2.46. The Morgan fingerprint density at radius 1 is 1.44 bits per heavy atom. The topological polar surface area (TPSA) is 33.6 Å². The molecule has 0 amide bonds. The lowest BCUT2D eigenvalue weighted by atomic mass is 10.3. The summed E-state index contributed by atoms with van der Waals surface area (Å²) in [6, 6.07) is 4.86. The van der Waals surface area contributed by atoms with Gasteiger partial charge in [0.2, 0.25) is 0 Å². The molecule has 1 unspecified atom stereocenters. The summed E-state index contributed by atoms with van der Waals surface area (Å²) in [4.78, 5) is 4.46. The van der Waals surface area contributed by atoms with Crippen LogP contribution in [0.3, 0.4) is 0 Å². The number of halogens is 1. The molecule has 3 nitrogen and oxygen atoms in total. The van der Waals surface area contributed by atoms with Crippen molar-refractivity contribution in [3.05, 3.63) is 24.0 Å². The molecule has 0 bridgehead atoms. The van der Waals surface area contributed by atoms with Crippen molar-refractivity contribution < 1.29 is 9.13 Å². The van der Waals surface area contributed by atoms with Gasteiger partial charge in [0.1, 0.15) is 0 Å². The molecule has 1 aliphatic heterocycles. The van der Waals surface area contributed by atoms with Gasteiger partial charge in [0.15, 0.2) is 16.7 Å². The molecule has 0 spiro atoms. The normalized spacial score (nSPS) is 22.8. The predicted molar refractivity (Wildman–Crippen MR) is 73.0 cm³/mol. The Morgan fingerprint density at radius 3 is 2.94 bits per heavy atom. The maximum atomic E-state index is 13.5. The van der Waals surface area contributed by atoms with Crippen LogP contribution in [0, 0.1) is 11.7 Å². The average Bonchev–Trinajstić information content (AvgIpc) is 3.11. The molecule has 1 heterocycles. The lowest BCUT2D eigenvalue weighted by Gasteiger charge is -2.09. The number of methoxy groups -OCH3 is 1.